The molecule has 1 aromatic rings. The number of carboxylic acid groups (broad SMARTS) is 1. The molecule has 5 nitrogen and oxygen atoms in total. The molecule has 27 heavy (non-hydrogen) atoms. The van der Waals surface area contributed by atoms with Crippen LogP contribution in [0.2, 0.25) is 0 Å². The molecule has 0 amide bonds. The van der Waals surface area contributed by atoms with Crippen molar-refractivity contribution >= 4 is 17.7 Å². The summed E-state index contributed by atoms with van der Waals surface area (Å²) in [5, 5.41) is 9.86. The lowest BCUT2D eigenvalue weighted by Crippen LogP contribution is -2.53. The van der Waals surface area contributed by atoms with E-state index >= 15 is 0 Å². The highest BCUT2D eigenvalue weighted by Gasteiger charge is 2.57. The van der Waals surface area contributed by atoms with E-state index in [4.69, 9.17) is 4.74 Å². The van der Waals surface area contributed by atoms with Crippen LogP contribution in [0, 0.1) is 11.3 Å². The van der Waals surface area contributed by atoms with Crippen molar-refractivity contribution in [3.8, 4) is 0 Å². The molecule has 146 valence electrons. The van der Waals surface area contributed by atoms with Crippen molar-refractivity contribution in [2.45, 2.75) is 71.3 Å². The molecule has 1 saturated carbocycles. The predicted octanol–water partition coefficient (Wildman–Crippen LogP) is 4.22. The summed E-state index contributed by atoms with van der Waals surface area (Å²) in [5.41, 5.74) is 0.263. The third-order valence-electron chi connectivity index (χ3n) is 6.84. The molecule has 0 bridgehead atoms. The van der Waals surface area contributed by atoms with Gasteiger partial charge >= 0.3 is 11.9 Å². The van der Waals surface area contributed by atoms with Gasteiger partial charge in [-0.3, -0.25) is 14.4 Å². The number of benzene rings is 1. The van der Waals surface area contributed by atoms with Crippen molar-refractivity contribution in [3.63, 3.8) is 0 Å². The topological polar surface area (TPSA) is 80.7 Å². The summed E-state index contributed by atoms with van der Waals surface area (Å²) in [6, 6.07) is 5.66. The van der Waals surface area contributed by atoms with Gasteiger partial charge < -0.3 is 9.84 Å². The number of carbonyl (C=O) groups excluding carboxylic acids is 2. The summed E-state index contributed by atoms with van der Waals surface area (Å²) in [6.07, 6.45) is 2.53. The van der Waals surface area contributed by atoms with Gasteiger partial charge in [0.25, 0.3) is 0 Å². The van der Waals surface area contributed by atoms with Crippen LogP contribution >= 0.6 is 0 Å². The van der Waals surface area contributed by atoms with Gasteiger partial charge in [-0.2, -0.15) is 0 Å². The van der Waals surface area contributed by atoms with Crippen molar-refractivity contribution < 1.29 is 24.2 Å². The first-order valence-corrected chi connectivity index (χ1v) is 9.53. The third kappa shape index (κ3) is 2.97. The number of aliphatic carboxylic acids is 1. The Morgan fingerprint density at radius 1 is 1.22 bits per heavy atom. The smallest absolute Gasteiger partial charge is 0.309 e. The normalized spacial score (nSPS) is 30.3. The number of carboxylic acids is 1. The lowest BCUT2D eigenvalue weighted by atomic mass is 9.49. The zero-order valence-electron chi connectivity index (χ0n) is 16.7. The fourth-order valence-corrected chi connectivity index (χ4v) is 5.26. The molecule has 3 rings (SSSR count). The van der Waals surface area contributed by atoms with Crippen LogP contribution in [0.1, 0.15) is 81.8 Å². The van der Waals surface area contributed by atoms with Gasteiger partial charge in [0.15, 0.2) is 5.78 Å². The van der Waals surface area contributed by atoms with Crippen LogP contribution in [-0.4, -0.2) is 22.8 Å². The molecule has 0 radical (unpaired) electrons. The van der Waals surface area contributed by atoms with Gasteiger partial charge in [-0.15, -0.1) is 0 Å². The van der Waals surface area contributed by atoms with Crippen molar-refractivity contribution in [1.29, 1.82) is 0 Å². The maximum Gasteiger partial charge on any atom is 0.309 e. The summed E-state index contributed by atoms with van der Waals surface area (Å²) >= 11 is 0. The average molecular weight is 372 g/mol. The molecule has 0 aliphatic heterocycles. The Labute approximate surface area is 160 Å². The minimum Gasteiger partial charge on any atom is -0.481 e. The van der Waals surface area contributed by atoms with E-state index in [2.05, 4.69) is 6.92 Å². The first kappa shape index (κ1) is 19.6. The first-order valence-electron chi connectivity index (χ1n) is 9.53. The monoisotopic (exact) mass is 372 g/mol. The molecular weight excluding hydrogens is 344 g/mol. The van der Waals surface area contributed by atoms with E-state index < -0.39 is 17.0 Å². The Hall–Kier alpha value is -2.17. The predicted molar refractivity (Wildman–Crippen MR) is 101 cm³/mol. The number of esters is 1. The second-order valence-corrected chi connectivity index (χ2v) is 9.04. The van der Waals surface area contributed by atoms with E-state index in [1.54, 1.807) is 20.8 Å². The average Bonchev–Trinajstić information content (AvgIpc) is 2.55. The molecule has 5 heteroatoms. The second-order valence-electron chi connectivity index (χ2n) is 9.04. The zero-order chi connectivity index (χ0) is 20.2. The standard InChI is InChI=1S/C22H28O5/c1-13(23)27-20(2,3)14-7-8-16-15(11-14)17(24)12-18-21(16,4)9-6-10-22(18,5)19(25)26/h7-8,11,18H,6,9-10,12H2,1-5H3,(H,25,26). The molecule has 1 fully saturated rings. The molecule has 2 aliphatic rings. The lowest BCUT2D eigenvalue weighted by Gasteiger charge is -2.53. The summed E-state index contributed by atoms with van der Waals surface area (Å²) in [5.74, 6) is -1.44. The van der Waals surface area contributed by atoms with Gasteiger partial charge in [-0.25, -0.2) is 0 Å². The van der Waals surface area contributed by atoms with Gasteiger partial charge in [0, 0.05) is 18.9 Å². The number of fused-ring (bicyclic) bond motifs is 3. The van der Waals surface area contributed by atoms with Crippen LogP contribution in [0.15, 0.2) is 18.2 Å². The summed E-state index contributed by atoms with van der Waals surface area (Å²) in [7, 11) is 0. The molecule has 2 aliphatic carbocycles. The number of rotatable bonds is 3. The van der Waals surface area contributed by atoms with Gasteiger partial charge in [-0.1, -0.05) is 25.5 Å². The van der Waals surface area contributed by atoms with E-state index in [-0.39, 0.29) is 29.5 Å². The van der Waals surface area contributed by atoms with Crippen molar-refractivity contribution in [1.82, 2.24) is 0 Å². The van der Waals surface area contributed by atoms with Crippen LogP contribution in [0.5, 0.6) is 0 Å². The van der Waals surface area contributed by atoms with Crippen LogP contribution in [0.4, 0.5) is 0 Å². The molecule has 0 heterocycles. The van der Waals surface area contributed by atoms with E-state index in [1.807, 2.05) is 18.2 Å². The van der Waals surface area contributed by atoms with Crippen LogP contribution < -0.4 is 0 Å². The molecule has 0 aromatic heterocycles. The second kappa shape index (κ2) is 6.18. The molecule has 1 aromatic carbocycles. The van der Waals surface area contributed by atoms with Gasteiger partial charge in [0.1, 0.15) is 5.60 Å². The molecule has 1 N–H and O–H groups in total. The lowest BCUT2D eigenvalue weighted by molar-refractivity contribution is -0.157. The van der Waals surface area contributed by atoms with Crippen molar-refractivity contribution in [2.75, 3.05) is 0 Å². The van der Waals surface area contributed by atoms with E-state index in [1.165, 1.54) is 6.92 Å². The highest BCUT2D eigenvalue weighted by Crippen LogP contribution is 2.57. The summed E-state index contributed by atoms with van der Waals surface area (Å²) in [4.78, 5) is 36.4. The molecule has 3 unspecified atom stereocenters. The van der Waals surface area contributed by atoms with Crippen molar-refractivity contribution in [3.05, 3.63) is 34.9 Å². The Morgan fingerprint density at radius 3 is 2.48 bits per heavy atom. The number of Topliss-reactive ketones (excluding diaryl/α,β-unsaturated/α-hetero) is 1. The fraction of sp³-hybridized carbons (Fsp3) is 0.591. The Kier molecular flexibility index (Phi) is 4.48. The minimum absolute atomic E-state index is 0.0256. The van der Waals surface area contributed by atoms with Gasteiger partial charge in [0.05, 0.1) is 5.41 Å². The van der Waals surface area contributed by atoms with E-state index in [0.29, 0.717) is 12.0 Å². The van der Waals surface area contributed by atoms with Crippen LogP contribution in [0.3, 0.4) is 0 Å². The maximum absolute atomic E-state index is 13.0. The van der Waals surface area contributed by atoms with Crippen LogP contribution in [-0.2, 0) is 25.3 Å². The maximum atomic E-state index is 13.0. The van der Waals surface area contributed by atoms with Crippen molar-refractivity contribution in [2.24, 2.45) is 11.3 Å². The fourth-order valence-electron chi connectivity index (χ4n) is 5.26. The highest BCUT2D eigenvalue weighted by atomic mass is 16.6. The number of ether oxygens (including phenoxy) is 1. The molecular formula is C22H28O5. The first-order chi connectivity index (χ1) is 12.4. The SMILES string of the molecule is CC(=O)OC(C)(C)c1ccc2c(c1)C(=O)CC1C(C)(C(=O)O)CCCC21C. The molecule has 0 saturated heterocycles. The quantitative estimate of drug-likeness (QED) is 0.804. The molecule has 3 atom stereocenters. The van der Waals surface area contributed by atoms with Gasteiger partial charge in [0.2, 0.25) is 0 Å². The van der Waals surface area contributed by atoms with Gasteiger partial charge in [-0.05, 0) is 62.1 Å². The minimum atomic E-state index is -0.893. The highest BCUT2D eigenvalue weighted by molar-refractivity contribution is 6.00. The number of carbonyl (C=O) groups is 3. The van der Waals surface area contributed by atoms with E-state index in [9.17, 15) is 19.5 Å². The van der Waals surface area contributed by atoms with E-state index in [0.717, 1.165) is 24.0 Å². The zero-order valence-corrected chi connectivity index (χ0v) is 16.7. The largest absolute Gasteiger partial charge is 0.481 e. The third-order valence-corrected chi connectivity index (χ3v) is 6.84. The Bertz CT molecular complexity index is 824. The summed E-state index contributed by atoms with van der Waals surface area (Å²) < 4.78 is 5.42. The number of hydrogen-bond acceptors (Lipinski definition) is 4. The summed E-state index contributed by atoms with van der Waals surface area (Å²) in [6.45, 7) is 8.85. The van der Waals surface area contributed by atoms with Crippen LogP contribution in [0.25, 0.3) is 0 Å². The Balaban J connectivity index is 2.10. The number of ketones is 1. The Morgan fingerprint density at radius 2 is 1.89 bits per heavy atom. The molecule has 0 spiro atoms. The number of hydrogen-bond donors (Lipinski definition) is 1.